The number of benzene rings is 8. The molecule has 27 nitrogen and oxygen atoms in total. The Balaban J connectivity index is -0.000000362. The van der Waals surface area contributed by atoms with E-state index in [-0.39, 0.29) is 92.4 Å². The zero-order valence-electron chi connectivity index (χ0n) is 84.6. The molecular weight excluding hydrogens is 2050 g/mol. The van der Waals surface area contributed by atoms with E-state index in [1.54, 1.807) is 149 Å². The zero-order valence-corrected chi connectivity index (χ0v) is 92.7. The number of hydrogen-bond acceptors (Lipinski definition) is 21. The van der Waals surface area contributed by atoms with Crippen LogP contribution in [-0.4, -0.2) is 192 Å². The van der Waals surface area contributed by atoms with Crippen LogP contribution in [0, 0.1) is 58.2 Å². The molecule has 0 spiro atoms. The van der Waals surface area contributed by atoms with Gasteiger partial charge in [0, 0.05) is 132 Å². The van der Waals surface area contributed by atoms with Gasteiger partial charge < -0.3 is 41.4 Å². The van der Waals surface area contributed by atoms with E-state index in [0.717, 1.165) is 77.2 Å². The molecule has 0 fully saturated rings. The minimum Gasteiger partial charge on any atom is -0.497 e. The number of sulfonamides is 2. The first-order valence-corrected chi connectivity index (χ1v) is 52.5. The molecule has 0 unspecified atom stereocenters. The van der Waals surface area contributed by atoms with Gasteiger partial charge in [0.05, 0.1) is 106 Å². The number of hydrogen-bond donors (Lipinski definition) is 9. The molecular formula is C95H139F10N9O18S8Ti. The van der Waals surface area contributed by atoms with E-state index in [0.29, 0.717) is 48.3 Å². The summed E-state index contributed by atoms with van der Waals surface area (Å²) in [5, 5.41) is 37.3. The molecule has 1 amide bonds. The predicted octanol–water partition coefficient (Wildman–Crippen LogP) is 16.6. The Morgan fingerprint density at radius 2 is 0.809 bits per heavy atom. The molecule has 0 radical (unpaired) electrons. The summed E-state index contributed by atoms with van der Waals surface area (Å²) in [7, 11) is -9.88. The van der Waals surface area contributed by atoms with Crippen molar-refractivity contribution in [2.24, 2.45) is 30.4 Å². The van der Waals surface area contributed by atoms with Gasteiger partial charge in [-0.15, -0.1) is 0 Å². The van der Waals surface area contributed by atoms with E-state index in [9.17, 15) is 95.6 Å². The first kappa shape index (κ1) is 144. The van der Waals surface area contributed by atoms with Crippen molar-refractivity contribution in [1.82, 2.24) is 13.7 Å². The van der Waals surface area contributed by atoms with Gasteiger partial charge in [0.1, 0.15) is 91.6 Å². The molecule has 12 N–H and O–H groups in total. The number of Topliss-reactive ketones (excluding diaryl/α,β-unsaturated/α-hetero) is 1. The summed E-state index contributed by atoms with van der Waals surface area (Å²) in [6.45, 7) is 38.7. The van der Waals surface area contributed by atoms with E-state index >= 15 is 0 Å². The standard InChI is InChI=1S/C15H23F2NO3S2.2C12H15F2NOS.C10H14F2N2O2S.C10H15NO3S.C8H6F2O.C8H5NOS.C8H11NO.C4H11NOS.4C2H6O.Ti/c1-6-23(20,21)10-15(5,18-22(19)14(2,3)4)12-8-7-11(16)9-13(12)17;2*1-8(15-17(16)12(2,3)4)10-6-5-9(13)7-11(10)14;1-10(13,6-17(15,16)14-2)8-4-3-7(11)5-9(8)12;1-11(15(3,12)13)8-9-4-6-10(14-2)7-5-9;1-5(11)7-3-2-6(9)4-8(7)10;10-8(9-6-11)7-4-2-1-3-5-7;1-10-8-4-2-7(6-9)3-5-8;1-4(2,3)7(5)6;4*1-2-3;/h7-9,18H,6,10H2,1-5H3;2*5-7H,1-4H3;3-5,14H,6,13H2,1-2H3;4-7H,8H2,1-3H3;2-4H,1H3;1-5H;2-5H,6,9H2,1H3;5H2,1-3H3;4*3H,2H2,1H3;/t15-,22+;2*17-;10-;;;;;7-;;;;;/m0110....1...../s1. The maximum absolute atomic E-state index is 14.2. The van der Waals surface area contributed by atoms with Gasteiger partial charge in [0.15, 0.2) is 15.6 Å². The fourth-order valence-corrected chi connectivity index (χ4v) is 14.1. The van der Waals surface area contributed by atoms with Gasteiger partial charge in [-0.3, -0.25) is 14.7 Å². The zero-order chi connectivity index (χ0) is 110. The molecule has 46 heteroatoms. The molecule has 0 saturated heterocycles. The second-order valence-electron chi connectivity index (χ2n) is 33.1. The Kier molecular flexibility index (Phi) is 72.7. The Morgan fingerprint density at radius 3 is 1.08 bits per heavy atom. The molecule has 0 saturated carbocycles. The van der Waals surface area contributed by atoms with Crippen LogP contribution < -0.4 is 35.5 Å². The number of thiocarbonyl (C=S) groups is 1. The fourth-order valence-electron chi connectivity index (χ4n) is 9.01. The topological polar surface area (TPSA) is 447 Å². The summed E-state index contributed by atoms with van der Waals surface area (Å²) >= 11 is 4.29. The first-order valence-electron chi connectivity index (χ1n) is 42.2. The van der Waals surface area contributed by atoms with E-state index in [1.165, 1.54) is 63.5 Å². The number of sulfone groups is 1. The van der Waals surface area contributed by atoms with Crippen molar-refractivity contribution in [3.8, 4) is 11.5 Å². The molecule has 0 aliphatic heterocycles. The van der Waals surface area contributed by atoms with Gasteiger partial charge in [-0.1, -0.05) is 61.5 Å². The first-order chi connectivity index (χ1) is 64.3. The number of nitrogens with zero attached hydrogens (tertiary/aromatic N) is 4. The van der Waals surface area contributed by atoms with Crippen LogP contribution in [-0.2, 0) is 120 Å². The number of aliphatic hydroxyl groups is 4. The van der Waals surface area contributed by atoms with Gasteiger partial charge in [-0.05, 0) is 261 Å². The van der Waals surface area contributed by atoms with Crippen LogP contribution in [0.5, 0.6) is 11.5 Å². The Labute approximate surface area is 857 Å². The maximum atomic E-state index is 14.2. The Bertz CT molecular complexity index is 5530. The predicted molar refractivity (Wildman–Crippen MR) is 548 cm³/mol. The number of carbonyl (C=O) groups is 2. The van der Waals surface area contributed by atoms with Crippen molar-refractivity contribution >= 4 is 114 Å². The van der Waals surface area contributed by atoms with E-state index < -0.39 is 175 Å². The van der Waals surface area contributed by atoms with E-state index in [2.05, 4.69) is 35.4 Å². The third-order valence-corrected chi connectivity index (χ3v) is 27.2. The number of nitrogens with one attached hydrogen (secondary N) is 2. The number of isothiocyanates is 1. The van der Waals surface area contributed by atoms with Crippen LogP contribution in [0.4, 0.5) is 43.9 Å². The third kappa shape index (κ3) is 63.7. The second kappa shape index (κ2) is 71.4. The number of methoxy groups -OCH3 is 2. The molecule has 0 aliphatic rings. The summed E-state index contributed by atoms with van der Waals surface area (Å²) in [4.78, 5) is 24.9. The molecule has 8 aromatic rings. The number of aliphatic hydroxyl groups excluding tert-OH is 4. The molecule has 141 heavy (non-hydrogen) atoms. The van der Waals surface area contributed by atoms with Crippen LogP contribution in [0.1, 0.15) is 206 Å². The quantitative estimate of drug-likeness (QED) is 0.0100. The van der Waals surface area contributed by atoms with Crippen molar-refractivity contribution < 1.29 is 147 Å². The SMILES string of the molecule is CC(=N[S@](=O)C(C)(C)C)c1ccc(F)cc1F.CC(=N[S@](=O)C(C)(C)C)c1ccc(F)cc1F.CC(=O)c1ccc(F)cc1F.CC(C)(C)[S@](N)=O.CCO.CCO.CCO.CCO.CCS(=O)(=O)C[C@](C)(N[S@](=O)C(C)(C)C)c1ccc(F)cc1F.CNS(=O)(=O)C[C@](C)(N)c1ccc(F)cc1F.COc1ccc(CN(C)S(C)(=O)=O)cc1.COc1ccc(CN)cc1.O=C(N=C=S)c1ccccc1.[Ti]. The number of ether oxygens (including phenoxy) is 2. The summed E-state index contributed by atoms with van der Waals surface area (Å²) in [6.07, 6.45) is 1.19. The average Bonchev–Trinajstić information content (AvgIpc) is 0.806. The third-order valence-electron chi connectivity index (χ3n) is 16.4. The van der Waals surface area contributed by atoms with Crippen LogP contribution in [0.3, 0.4) is 0 Å². The largest absolute Gasteiger partial charge is 0.497 e. The number of carbonyl (C=O) groups excluding carboxylic acids is 2. The van der Waals surface area contributed by atoms with Gasteiger partial charge in [0.2, 0.25) is 20.0 Å². The van der Waals surface area contributed by atoms with Gasteiger partial charge in [0.25, 0.3) is 5.91 Å². The Hall–Kier alpha value is -8.10. The molecule has 8 rings (SSSR count). The van der Waals surface area contributed by atoms with Crippen LogP contribution in [0.15, 0.2) is 184 Å². The van der Waals surface area contributed by atoms with Crippen molar-refractivity contribution in [2.45, 2.75) is 195 Å². The summed E-state index contributed by atoms with van der Waals surface area (Å²) < 4.78 is 268. The van der Waals surface area contributed by atoms with Crippen molar-refractivity contribution in [1.29, 1.82) is 0 Å². The van der Waals surface area contributed by atoms with Gasteiger partial charge in [-0.25, -0.2) is 99.7 Å². The summed E-state index contributed by atoms with van der Waals surface area (Å²) in [5.41, 5.74) is 11.7. The molecule has 0 aliphatic carbocycles. The van der Waals surface area contributed by atoms with Crippen LogP contribution >= 0.6 is 12.2 Å². The molecule has 8 aromatic carbocycles. The van der Waals surface area contributed by atoms with Crippen LogP contribution in [0.2, 0.25) is 0 Å². The monoisotopic (exact) mass is 2190 g/mol. The summed E-state index contributed by atoms with van der Waals surface area (Å²) in [6, 6.07) is 38.9. The number of halogens is 10. The number of rotatable bonds is 22. The number of nitrogens with two attached hydrogens (primary N) is 3. The molecule has 794 valence electrons. The summed E-state index contributed by atoms with van der Waals surface area (Å²) in [5.74, 6) is -7.57. The molecule has 0 heterocycles. The minimum atomic E-state index is -3.59. The van der Waals surface area contributed by atoms with Crippen molar-refractivity contribution in [3.63, 3.8) is 0 Å². The van der Waals surface area contributed by atoms with Gasteiger partial charge in [-0.2, -0.15) is 13.8 Å². The Morgan fingerprint density at radius 1 is 0.489 bits per heavy atom. The molecule has 0 aromatic heterocycles. The average molecular weight is 2190 g/mol. The number of aliphatic imine (C=N–C) groups is 1. The molecule has 6 atom stereocenters. The minimum absolute atomic E-state index is 0. The maximum Gasteiger partial charge on any atom is 0.285 e. The number of amides is 1. The van der Waals surface area contributed by atoms with Crippen molar-refractivity contribution in [2.75, 3.05) is 78.3 Å². The smallest absolute Gasteiger partial charge is 0.285 e. The number of ketones is 1. The molecule has 0 bridgehead atoms. The van der Waals surface area contributed by atoms with E-state index in [4.69, 9.17) is 46.5 Å². The van der Waals surface area contributed by atoms with Gasteiger partial charge >= 0.3 is 0 Å². The van der Waals surface area contributed by atoms with Crippen molar-refractivity contribution in [3.05, 3.63) is 273 Å². The van der Waals surface area contributed by atoms with Crippen LogP contribution in [0.25, 0.3) is 0 Å². The normalized spacial score (nSPS) is 12.9. The fraction of sp³-hybridized carbons (Fsp3) is 0.442. The van der Waals surface area contributed by atoms with E-state index in [1.807, 2.05) is 80.5 Å². The second-order valence-corrected chi connectivity index (χ2v) is 47.2.